The van der Waals surface area contributed by atoms with Crippen LogP contribution in [0.15, 0.2) is 40.4 Å². The van der Waals surface area contributed by atoms with Crippen molar-refractivity contribution in [3.63, 3.8) is 0 Å². The molecule has 7 heteroatoms. The first-order valence-electron chi connectivity index (χ1n) is 6.34. The summed E-state index contributed by atoms with van der Waals surface area (Å²) in [4.78, 5) is 4.39. The lowest BCUT2D eigenvalue weighted by Crippen LogP contribution is -2.17. The summed E-state index contributed by atoms with van der Waals surface area (Å²) in [7, 11) is -2.89. The van der Waals surface area contributed by atoms with Gasteiger partial charge in [0.25, 0.3) is 0 Å². The smallest absolute Gasteiger partial charge is 0.177 e. The zero-order chi connectivity index (χ0) is 14.2. The molecule has 0 radical (unpaired) electrons. The molecule has 1 aromatic rings. The number of aliphatic imine (C=N–C) groups is 1. The van der Waals surface area contributed by atoms with Gasteiger partial charge in [0.05, 0.1) is 23.3 Å². The van der Waals surface area contributed by atoms with Gasteiger partial charge in [-0.2, -0.15) is 5.10 Å². The second kappa shape index (κ2) is 5.21. The number of nitrogens with one attached hydrogen (secondary N) is 1. The summed E-state index contributed by atoms with van der Waals surface area (Å²) in [5.74, 6) is 0.385. The molecule has 0 amide bonds. The molecule has 2 atom stereocenters. The Kier molecular flexibility index (Phi) is 3.55. The minimum atomic E-state index is -2.89. The van der Waals surface area contributed by atoms with Gasteiger partial charge in [0, 0.05) is 5.25 Å². The van der Waals surface area contributed by atoms with Crippen LogP contribution in [0.1, 0.15) is 12.5 Å². The Morgan fingerprint density at radius 3 is 2.80 bits per heavy atom. The number of thioether (sulfide) groups is 1. The summed E-state index contributed by atoms with van der Waals surface area (Å²) in [6, 6.07) is 9.76. The molecule has 1 fully saturated rings. The molecule has 0 unspecified atom stereocenters. The van der Waals surface area contributed by atoms with E-state index in [9.17, 15) is 8.42 Å². The van der Waals surface area contributed by atoms with Gasteiger partial charge in [-0.15, -0.1) is 0 Å². The van der Waals surface area contributed by atoms with Gasteiger partial charge in [0.2, 0.25) is 0 Å². The molecule has 1 saturated heterocycles. The Bertz CT molecular complexity index is 668. The van der Waals surface area contributed by atoms with E-state index in [1.54, 1.807) is 0 Å². The van der Waals surface area contributed by atoms with E-state index in [1.807, 2.05) is 37.3 Å². The number of sulfone groups is 1. The van der Waals surface area contributed by atoms with Crippen LogP contribution < -0.4 is 5.43 Å². The summed E-state index contributed by atoms with van der Waals surface area (Å²) in [5, 5.41) is 5.07. The first-order chi connectivity index (χ1) is 9.53. The lowest BCUT2D eigenvalue weighted by molar-refractivity contribution is 0.601. The van der Waals surface area contributed by atoms with Gasteiger partial charge in [0.1, 0.15) is 0 Å². The summed E-state index contributed by atoms with van der Waals surface area (Å²) in [5.41, 5.74) is 4.86. The van der Waals surface area contributed by atoms with Crippen LogP contribution in [0.25, 0.3) is 0 Å². The highest BCUT2D eigenvalue weighted by Crippen LogP contribution is 2.33. The minimum absolute atomic E-state index is 0.0507. The van der Waals surface area contributed by atoms with Gasteiger partial charge >= 0.3 is 0 Å². The van der Waals surface area contributed by atoms with E-state index in [1.165, 1.54) is 11.8 Å². The SMILES string of the molecule is C/C(=N/NC1=N[C@H]2CS(=O)(=O)C[C@H]2S1)c1ccccc1. The van der Waals surface area contributed by atoms with Crippen LogP contribution in [0.3, 0.4) is 0 Å². The number of hydrazone groups is 1. The maximum Gasteiger partial charge on any atom is 0.177 e. The van der Waals surface area contributed by atoms with Crippen LogP contribution in [0.5, 0.6) is 0 Å². The summed E-state index contributed by atoms with van der Waals surface area (Å²) < 4.78 is 22.9. The molecular formula is C13H15N3O2S2. The van der Waals surface area contributed by atoms with Crippen LogP contribution in [0.4, 0.5) is 0 Å². The van der Waals surface area contributed by atoms with E-state index >= 15 is 0 Å². The molecule has 20 heavy (non-hydrogen) atoms. The number of hydrogen-bond donors (Lipinski definition) is 1. The van der Waals surface area contributed by atoms with Crippen LogP contribution >= 0.6 is 11.8 Å². The van der Waals surface area contributed by atoms with E-state index in [0.717, 1.165) is 11.3 Å². The third-order valence-corrected chi connectivity index (χ3v) is 6.46. The van der Waals surface area contributed by atoms with Crippen LogP contribution in [0, 0.1) is 0 Å². The Morgan fingerprint density at radius 1 is 1.35 bits per heavy atom. The number of nitrogens with zero attached hydrogens (tertiary/aromatic N) is 2. The molecule has 3 rings (SSSR count). The molecular weight excluding hydrogens is 294 g/mol. The average Bonchev–Trinajstić information content (AvgIpc) is 2.90. The number of benzene rings is 1. The average molecular weight is 309 g/mol. The van der Waals surface area contributed by atoms with Crippen molar-refractivity contribution in [2.75, 3.05) is 11.5 Å². The van der Waals surface area contributed by atoms with Crippen molar-refractivity contribution in [1.29, 1.82) is 0 Å². The maximum atomic E-state index is 11.5. The van der Waals surface area contributed by atoms with Gasteiger partial charge in [0.15, 0.2) is 15.0 Å². The third kappa shape index (κ3) is 2.88. The number of amidine groups is 1. The fourth-order valence-electron chi connectivity index (χ4n) is 2.29. The Labute approximate surface area is 122 Å². The molecule has 2 aliphatic rings. The van der Waals surface area contributed by atoms with Crippen molar-refractivity contribution >= 4 is 32.5 Å². The van der Waals surface area contributed by atoms with E-state index in [2.05, 4.69) is 15.5 Å². The minimum Gasteiger partial charge on any atom is -0.256 e. The molecule has 2 heterocycles. The molecule has 0 aliphatic carbocycles. The Balaban J connectivity index is 1.66. The first kappa shape index (κ1) is 13.6. The standard InChI is InChI=1S/C13H15N3O2S2/c1-9(10-5-3-2-4-6-10)15-16-13-14-11-7-20(17,18)8-12(11)19-13/h2-6,11-12H,7-8H2,1H3,(H,14,16)/b15-9-/t11-,12+/m0/s1. The highest BCUT2D eigenvalue weighted by Gasteiger charge is 2.42. The lowest BCUT2D eigenvalue weighted by atomic mass is 10.1. The molecule has 2 aliphatic heterocycles. The predicted molar refractivity (Wildman–Crippen MR) is 83.0 cm³/mol. The maximum absolute atomic E-state index is 11.5. The van der Waals surface area contributed by atoms with Gasteiger partial charge in [-0.05, 0) is 12.5 Å². The lowest BCUT2D eigenvalue weighted by Gasteiger charge is -2.04. The van der Waals surface area contributed by atoms with Crippen molar-refractivity contribution in [2.24, 2.45) is 10.1 Å². The fraction of sp³-hybridized carbons (Fsp3) is 0.385. The summed E-state index contributed by atoms with van der Waals surface area (Å²) >= 11 is 1.47. The molecule has 0 saturated carbocycles. The first-order valence-corrected chi connectivity index (χ1v) is 9.04. The second-order valence-corrected chi connectivity index (χ2v) is 8.29. The van der Waals surface area contributed by atoms with Crippen molar-refractivity contribution in [3.8, 4) is 0 Å². The molecule has 0 bridgehead atoms. The number of rotatable bonds is 2. The summed E-state index contributed by atoms with van der Waals surface area (Å²) in [6.45, 7) is 1.92. The quantitative estimate of drug-likeness (QED) is 0.660. The Morgan fingerprint density at radius 2 is 2.10 bits per heavy atom. The van der Waals surface area contributed by atoms with Crippen LogP contribution in [0.2, 0.25) is 0 Å². The molecule has 1 N–H and O–H groups in total. The summed E-state index contributed by atoms with van der Waals surface area (Å²) in [6.07, 6.45) is 0. The van der Waals surface area contributed by atoms with E-state index in [-0.39, 0.29) is 22.8 Å². The largest absolute Gasteiger partial charge is 0.256 e. The molecule has 1 aromatic carbocycles. The highest BCUT2D eigenvalue weighted by molar-refractivity contribution is 8.15. The van der Waals surface area contributed by atoms with Gasteiger partial charge < -0.3 is 0 Å². The highest BCUT2D eigenvalue weighted by atomic mass is 32.2. The fourth-order valence-corrected chi connectivity index (χ4v) is 5.88. The topological polar surface area (TPSA) is 70.9 Å². The van der Waals surface area contributed by atoms with Crippen molar-refractivity contribution in [2.45, 2.75) is 18.2 Å². The molecule has 0 aromatic heterocycles. The van der Waals surface area contributed by atoms with E-state index in [0.29, 0.717) is 5.17 Å². The van der Waals surface area contributed by atoms with Crippen molar-refractivity contribution in [1.82, 2.24) is 5.43 Å². The zero-order valence-electron chi connectivity index (χ0n) is 11.0. The van der Waals surface area contributed by atoms with Crippen molar-refractivity contribution < 1.29 is 8.42 Å². The number of fused-ring (bicyclic) bond motifs is 1. The molecule has 0 spiro atoms. The van der Waals surface area contributed by atoms with E-state index in [4.69, 9.17) is 0 Å². The van der Waals surface area contributed by atoms with E-state index < -0.39 is 9.84 Å². The second-order valence-electron chi connectivity index (χ2n) is 4.91. The van der Waals surface area contributed by atoms with Crippen LogP contribution in [-0.4, -0.2) is 42.1 Å². The Hall–Kier alpha value is -1.34. The molecule has 106 valence electrons. The normalized spacial score (nSPS) is 28.1. The van der Waals surface area contributed by atoms with Gasteiger partial charge in [-0.3, -0.25) is 10.4 Å². The van der Waals surface area contributed by atoms with Gasteiger partial charge in [-0.1, -0.05) is 42.1 Å². The third-order valence-electron chi connectivity index (χ3n) is 3.33. The predicted octanol–water partition coefficient (Wildman–Crippen LogP) is 1.27. The number of hydrogen-bond acceptors (Lipinski definition) is 6. The van der Waals surface area contributed by atoms with Gasteiger partial charge in [-0.25, -0.2) is 8.42 Å². The van der Waals surface area contributed by atoms with Crippen LogP contribution in [-0.2, 0) is 9.84 Å². The monoisotopic (exact) mass is 309 g/mol. The molecule has 5 nitrogen and oxygen atoms in total. The van der Waals surface area contributed by atoms with Crippen molar-refractivity contribution in [3.05, 3.63) is 35.9 Å². The zero-order valence-corrected chi connectivity index (χ0v) is 12.6.